The molecule has 6 nitrogen and oxygen atoms in total. The second-order valence-corrected chi connectivity index (χ2v) is 6.72. The number of benzene rings is 2. The van der Waals surface area contributed by atoms with Gasteiger partial charge in [-0.15, -0.1) is 0 Å². The van der Waals surface area contributed by atoms with E-state index < -0.39 is 10.0 Å². The van der Waals surface area contributed by atoms with Crippen LogP contribution >= 0.6 is 12.2 Å². The van der Waals surface area contributed by atoms with Crippen LogP contribution in [0.3, 0.4) is 0 Å². The minimum Gasteiger partial charge on any atom is -0.332 e. The third-order valence-electron chi connectivity index (χ3n) is 2.74. The van der Waals surface area contributed by atoms with Gasteiger partial charge in [0.1, 0.15) is 0 Å². The first-order valence-electron chi connectivity index (χ1n) is 6.63. The van der Waals surface area contributed by atoms with Crippen LogP contribution in [-0.4, -0.2) is 19.4 Å². The molecule has 0 aliphatic carbocycles. The fourth-order valence-electron chi connectivity index (χ4n) is 1.76. The van der Waals surface area contributed by atoms with Crippen molar-refractivity contribution in [3.8, 4) is 0 Å². The van der Waals surface area contributed by atoms with Crippen molar-refractivity contribution in [1.82, 2.24) is 5.32 Å². The molecule has 0 unspecified atom stereocenters. The first-order chi connectivity index (χ1) is 10.9. The van der Waals surface area contributed by atoms with Gasteiger partial charge in [0, 0.05) is 18.3 Å². The number of para-hydroxylation sites is 1. The zero-order valence-electron chi connectivity index (χ0n) is 12.2. The van der Waals surface area contributed by atoms with E-state index in [9.17, 15) is 13.2 Å². The molecule has 0 fully saturated rings. The molecule has 0 saturated heterocycles. The van der Waals surface area contributed by atoms with E-state index in [1.54, 1.807) is 42.5 Å². The Kier molecular flexibility index (Phi) is 5.30. The van der Waals surface area contributed by atoms with E-state index >= 15 is 0 Å². The molecule has 0 radical (unpaired) electrons. The van der Waals surface area contributed by atoms with Gasteiger partial charge in [-0.2, -0.15) is 0 Å². The van der Waals surface area contributed by atoms with Crippen LogP contribution in [0.4, 0.5) is 11.4 Å². The standard InChI is InChI=1S/C15H15N3O3S2/c1-11(19)16-15(22)17-12-7-9-14(10-8-12)23(20,21)18-13-5-3-2-4-6-13/h2-10,18H,1H3,(H2,16,17,19,22). The molecule has 0 spiro atoms. The summed E-state index contributed by atoms with van der Waals surface area (Å²) in [5.74, 6) is -0.284. The highest BCUT2D eigenvalue weighted by Gasteiger charge is 2.13. The first kappa shape index (κ1) is 16.9. The molecular formula is C15H15N3O3S2. The predicted octanol–water partition coefficient (Wildman–Crippen LogP) is 2.32. The minimum atomic E-state index is -3.66. The molecule has 0 atom stereocenters. The summed E-state index contributed by atoms with van der Waals surface area (Å²) in [6.07, 6.45) is 0. The van der Waals surface area contributed by atoms with Crippen molar-refractivity contribution in [3.63, 3.8) is 0 Å². The third-order valence-corrected chi connectivity index (χ3v) is 4.34. The second-order valence-electron chi connectivity index (χ2n) is 4.63. The molecule has 0 aliphatic rings. The summed E-state index contributed by atoms with van der Waals surface area (Å²) in [6, 6.07) is 14.6. The molecule has 2 aromatic rings. The number of nitrogens with one attached hydrogen (secondary N) is 3. The normalized spacial score (nSPS) is 10.7. The quantitative estimate of drug-likeness (QED) is 0.738. The van der Waals surface area contributed by atoms with Gasteiger partial charge >= 0.3 is 0 Å². The highest BCUT2D eigenvalue weighted by Crippen LogP contribution is 2.18. The number of anilines is 2. The Morgan fingerprint density at radius 2 is 1.57 bits per heavy atom. The maximum absolute atomic E-state index is 12.3. The van der Waals surface area contributed by atoms with Gasteiger partial charge in [0.25, 0.3) is 10.0 Å². The van der Waals surface area contributed by atoms with Crippen LogP contribution in [0.1, 0.15) is 6.92 Å². The number of carbonyl (C=O) groups excluding carboxylic acids is 1. The molecular weight excluding hydrogens is 334 g/mol. The van der Waals surface area contributed by atoms with Gasteiger partial charge in [0.05, 0.1) is 4.90 Å². The Labute approximate surface area is 140 Å². The fraction of sp³-hybridized carbons (Fsp3) is 0.0667. The van der Waals surface area contributed by atoms with Crippen molar-refractivity contribution in [2.75, 3.05) is 10.0 Å². The van der Waals surface area contributed by atoms with Gasteiger partial charge in [-0.3, -0.25) is 9.52 Å². The number of thiocarbonyl (C=S) groups is 1. The first-order valence-corrected chi connectivity index (χ1v) is 8.52. The summed E-state index contributed by atoms with van der Waals surface area (Å²) in [7, 11) is -3.66. The largest absolute Gasteiger partial charge is 0.332 e. The summed E-state index contributed by atoms with van der Waals surface area (Å²) in [5.41, 5.74) is 1.06. The highest BCUT2D eigenvalue weighted by molar-refractivity contribution is 7.92. The van der Waals surface area contributed by atoms with Gasteiger partial charge in [-0.05, 0) is 48.6 Å². The molecule has 2 aromatic carbocycles. The lowest BCUT2D eigenvalue weighted by atomic mass is 10.3. The minimum absolute atomic E-state index is 0.123. The van der Waals surface area contributed by atoms with Crippen molar-refractivity contribution < 1.29 is 13.2 Å². The molecule has 0 bridgehead atoms. The molecule has 2 rings (SSSR count). The van der Waals surface area contributed by atoms with Crippen molar-refractivity contribution in [2.45, 2.75) is 11.8 Å². The maximum atomic E-state index is 12.3. The second kappa shape index (κ2) is 7.21. The molecule has 0 aromatic heterocycles. The number of sulfonamides is 1. The smallest absolute Gasteiger partial charge is 0.261 e. The van der Waals surface area contributed by atoms with Gasteiger partial charge in [0.15, 0.2) is 5.11 Å². The lowest BCUT2D eigenvalue weighted by Gasteiger charge is -2.10. The zero-order chi connectivity index (χ0) is 16.9. The summed E-state index contributed by atoms with van der Waals surface area (Å²) in [6.45, 7) is 1.35. The van der Waals surface area contributed by atoms with Crippen LogP contribution in [0.2, 0.25) is 0 Å². The van der Waals surface area contributed by atoms with Crippen LogP contribution in [0, 0.1) is 0 Å². The van der Waals surface area contributed by atoms with Crippen molar-refractivity contribution in [3.05, 3.63) is 54.6 Å². The van der Waals surface area contributed by atoms with Gasteiger partial charge in [0.2, 0.25) is 5.91 Å². The maximum Gasteiger partial charge on any atom is 0.261 e. The average molecular weight is 349 g/mol. The molecule has 120 valence electrons. The number of rotatable bonds is 4. The van der Waals surface area contributed by atoms with E-state index in [-0.39, 0.29) is 15.9 Å². The molecule has 1 amide bonds. The third kappa shape index (κ3) is 5.04. The molecule has 0 aliphatic heterocycles. The SMILES string of the molecule is CC(=O)NC(=S)Nc1ccc(S(=O)(=O)Nc2ccccc2)cc1. The van der Waals surface area contributed by atoms with E-state index in [1.807, 2.05) is 0 Å². The lowest BCUT2D eigenvalue weighted by Crippen LogP contribution is -2.32. The summed E-state index contributed by atoms with van der Waals surface area (Å²) in [5, 5.41) is 5.35. The lowest BCUT2D eigenvalue weighted by molar-refractivity contribution is -0.117. The average Bonchev–Trinajstić information content (AvgIpc) is 2.47. The van der Waals surface area contributed by atoms with E-state index in [1.165, 1.54) is 19.1 Å². The van der Waals surface area contributed by atoms with Gasteiger partial charge < -0.3 is 10.6 Å². The van der Waals surface area contributed by atoms with Gasteiger partial charge in [-0.1, -0.05) is 18.2 Å². The van der Waals surface area contributed by atoms with Crippen LogP contribution in [0.5, 0.6) is 0 Å². The van der Waals surface area contributed by atoms with E-state index in [0.29, 0.717) is 11.4 Å². The summed E-state index contributed by atoms with van der Waals surface area (Å²) < 4.78 is 27.0. The monoisotopic (exact) mass is 349 g/mol. The van der Waals surface area contributed by atoms with Crippen molar-refractivity contribution >= 4 is 44.6 Å². The van der Waals surface area contributed by atoms with E-state index in [4.69, 9.17) is 12.2 Å². The molecule has 3 N–H and O–H groups in total. The highest BCUT2D eigenvalue weighted by atomic mass is 32.2. The fourth-order valence-corrected chi connectivity index (χ4v) is 3.08. The van der Waals surface area contributed by atoms with Crippen LogP contribution < -0.4 is 15.4 Å². The summed E-state index contributed by atoms with van der Waals surface area (Å²) in [4.78, 5) is 11.0. The molecule has 8 heteroatoms. The topological polar surface area (TPSA) is 87.3 Å². The Morgan fingerprint density at radius 1 is 0.957 bits per heavy atom. The Hall–Kier alpha value is -2.45. The van der Waals surface area contributed by atoms with E-state index in [0.717, 1.165) is 0 Å². The molecule has 23 heavy (non-hydrogen) atoms. The Morgan fingerprint density at radius 3 is 2.13 bits per heavy atom. The Balaban J connectivity index is 2.09. The van der Waals surface area contributed by atoms with Gasteiger partial charge in [-0.25, -0.2) is 8.42 Å². The summed E-state index contributed by atoms with van der Waals surface area (Å²) >= 11 is 4.93. The number of hydrogen-bond acceptors (Lipinski definition) is 4. The van der Waals surface area contributed by atoms with Crippen LogP contribution in [0.15, 0.2) is 59.5 Å². The number of carbonyl (C=O) groups is 1. The number of amides is 1. The van der Waals surface area contributed by atoms with Crippen molar-refractivity contribution in [2.24, 2.45) is 0 Å². The molecule has 0 heterocycles. The predicted molar refractivity (Wildman–Crippen MR) is 93.7 cm³/mol. The molecule has 0 saturated carbocycles. The van der Waals surface area contributed by atoms with Crippen LogP contribution in [-0.2, 0) is 14.8 Å². The van der Waals surface area contributed by atoms with E-state index in [2.05, 4.69) is 15.4 Å². The van der Waals surface area contributed by atoms with Crippen molar-refractivity contribution in [1.29, 1.82) is 0 Å². The number of hydrogen-bond donors (Lipinski definition) is 3. The zero-order valence-corrected chi connectivity index (χ0v) is 13.9. The van der Waals surface area contributed by atoms with Crippen LogP contribution in [0.25, 0.3) is 0 Å². The Bertz CT molecular complexity index is 804.